The summed E-state index contributed by atoms with van der Waals surface area (Å²) in [5, 5.41) is 7.89. The third-order valence-electron chi connectivity index (χ3n) is 6.54. The molecule has 33 heavy (non-hydrogen) atoms. The summed E-state index contributed by atoms with van der Waals surface area (Å²) >= 11 is 0. The maximum absolute atomic E-state index is 6.00. The minimum atomic E-state index is 0. The lowest BCUT2D eigenvalue weighted by Gasteiger charge is -2.35. The quantitative estimate of drug-likeness (QED) is 0.329. The standard InChI is InChI=1S/C24H37N7O.HI/c1-4-29-9-11-30(12-10-29)18-21-8-6-5-7-20(21)15-26-24(25-2)31-13-14-32-23(19-31)22-16-27-28(3)17-22;/h5-8,16-17,23H,4,9-15,18-19H2,1-3H3,(H,25,26);1H. The van der Waals surface area contributed by atoms with E-state index in [2.05, 4.69) is 61.3 Å². The maximum Gasteiger partial charge on any atom is 0.194 e. The van der Waals surface area contributed by atoms with Crippen LogP contribution in [0.1, 0.15) is 29.7 Å². The number of likely N-dealkylation sites (N-methyl/N-ethyl adjacent to an activating group) is 1. The second-order valence-corrected chi connectivity index (χ2v) is 8.63. The molecule has 1 aromatic heterocycles. The van der Waals surface area contributed by atoms with Crippen molar-refractivity contribution in [2.75, 3.05) is 59.5 Å². The number of rotatable bonds is 6. The van der Waals surface area contributed by atoms with Crippen LogP contribution < -0.4 is 5.32 Å². The van der Waals surface area contributed by atoms with Crippen molar-refractivity contribution in [3.05, 3.63) is 53.3 Å². The summed E-state index contributed by atoms with van der Waals surface area (Å²) in [6.07, 6.45) is 3.94. The Labute approximate surface area is 215 Å². The van der Waals surface area contributed by atoms with Crippen LogP contribution >= 0.6 is 24.0 Å². The van der Waals surface area contributed by atoms with E-state index in [1.54, 1.807) is 0 Å². The molecule has 0 amide bonds. The number of ether oxygens (including phenoxy) is 1. The number of benzene rings is 1. The molecule has 9 heteroatoms. The molecule has 1 aromatic carbocycles. The lowest BCUT2D eigenvalue weighted by atomic mass is 10.1. The van der Waals surface area contributed by atoms with Crippen LogP contribution in [0.15, 0.2) is 41.7 Å². The molecule has 0 radical (unpaired) electrons. The molecule has 1 N–H and O–H groups in total. The van der Waals surface area contributed by atoms with Crippen LogP contribution in [0.3, 0.4) is 0 Å². The lowest BCUT2D eigenvalue weighted by Crippen LogP contribution is -2.48. The second-order valence-electron chi connectivity index (χ2n) is 8.63. The van der Waals surface area contributed by atoms with Gasteiger partial charge in [-0.05, 0) is 17.7 Å². The monoisotopic (exact) mass is 567 g/mol. The van der Waals surface area contributed by atoms with Crippen LogP contribution in [0, 0.1) is 0 Å². The summed E-state index contributed by atoms with van der Waals surface area (Å²) in [4.78, 5) is 11.9. The van der Waals surface area contributed by atoms with Gasteiger partial charge in [0.05, 0.1) is 19.3 Å². The Morgan fingerprint density at radius 2 is 1.85 bits per heavy atom. The van der Waals surface area contributed by atoms with Gasteiger partial charge < -0.3 is 19.9 Å². The minimum Gasteiger partial charge on any atom is -0.370 e. The molecule has 0 spiro atoms. The zero-order chi connectivity index (χ0) is 22.3. The molecule has 1 unspecified atom stereocenters. The highest BCUT2D eigenvalue weighted by atomic mass is 127. The summed E-state index contributed by atoms with van der Waals surface area (Å²) < 4.78 is 7.82. The summed E-state index contributed by atoms with van der Waals surface area (Å²) in [6, 6.07) is 8.77. The molecular formula is C24H38IN7O. The maximum atomic E-state index is 6.00. The van der Waals surface area contributed by atoms with E-state index in [9.17, 15) is 0 Å². The van der Waals surface area contributed by atoms with Crippen molar-refractivity contribution in [1.29, 1.82) is 0 Å². The molecule has 0 aliphatic carbocycles. The average molecular weight is 568 g/mol. The number of morpholine rings is 1. The highest BCUT2D eigenvalue weighted by Gasteiger charge is 2.25. The van der Waals surface area contributed by atoms with E-state index in [0.717, 1.165) is 57.3 Å². The minimum absolute atomic E-state index is 0. The number of hydrogen-bond donors (Lipinski definition) is 1. The van der Waals surface area contributed by atoms with Gasteiger partial charge in [-0.15, -0.1) is 24.0 Å². The molecule has 2 aliphatic rings. The van der Waals surface area contributed by atoms with Crippen molar-refractivity contribution in [2.45, 2.75) is 26.1 Å². The van der Waals surface area contributed by atoms with Gasteiger partial charge in [0.25, 0.3) is 0 Å². The second kappa shape index (κ2) is 12.7. The highest BCUT2D eigenvalue weighted by molar-refractivity contribution is 14.0. The molecule has 2 saturated heterocycles. The Kier molecular flexibility index (Phi) is 9.96. The van der Waals surface area contributed by atoms with E-state index in [0.29, 0.717) is 6.61 Å². The molecule has 0 bridgehead atoms. The molecule has 2 aromatic rings. The molecule has 1 atom stereocenters. The van der Waals surface area contributed by atoms with Gasteiger partial charge in [0.15, 0.2) is 5.96 Å². The Morgan fingerprint density at radius 1 is 1.12 bits per heavy atom. The molecule has 3 heterocycles. The van der Waals surface area contributed by atoms with Gasteiger partial charge in [-0.2, -0.15) is 5.10 Å². The van der Waals surface area contributed by atoms with Gasteiger partial charge in [-0.1, -0.05) is 31.2 Å². The number of halogens is 1. The number of nitrogens with zero attached hydrogens (tertiary/aromatic N) is 6. The smallest absolute Gasteiger partial charge is 0.194 e. The first-order valence-electron chi connectivity index (χ1n) is 11.7. The van der Waals surface area contributed by atoms with E-state index in [-0.39, 0.29) is 30.1 Å². The van der Waals surface area contributed by atoms with Gasteiger partial charge in [-0.25, -0.2) is 0 Å². The number of aromatic nitrogens is 2. The van der Waals surface area contributed by atoms with E-state index >= 15 is 0 Å². The Balaban J connectivity index is 0.00000306. The van der Waals surface area contributed by atoms with Crippen molar-refractivity contribution in [3.63, 3.8) is 0 Å². The average Bonchev–Trinajstić information content (AvgIpc) is 3.27. The molecule has 2 fully saturated rings. The fourth-order valence-electron chi connectivity index (χ4n) is 4.55. The number of piperazine rings is 1. The van der Waals surface area contributed by atoms with Crippen LogP contribution in [0.25, 0.3) is 0 Å². The number of aliphatic imine (C=N–C) groups is 1. The van der Waals surface area contributed by atoms with Gasteiger partial charge >= 0.3 is 0 Å². The number of aryl methyl sites for hydroxylation is 1. The number of guanidine groups is 1. The SMILES string of the molecule is CCN1CCN(Cc2ccccc2CNC(=NC)N2CCOC(c3cnn(C)c3)C2)CC1.I. The first-order valence-corrected chi connectivity index (χ1v) is 11.7. The largest absolute Gasteiger partial charge is 0.370 e. The fraction of sp³-hybridized carbons (Fsp3) is 0.583. The van der Waals surface area contributed by atoms with Gasteiger partial charge in [-0.3, -0.25) is 14.6 Å². The molecule has 182 valence electrons. The number of hydrogen-bond acceptors (Lipinski definition) is 5. The summed E-state index contributed by atoms with van der Waals surface area (Å²) in [6.45, 7) is 12.1. The fourth-order valence-corrected chi connectivity index (χ4v) is 4.55. The van der Waals surface area contributed by atoms with Crippen molar-refractivity contribution in [2.24, 2.45) is 12.0 Å². The van der Waals surface area contributed by atoms with Gasteiger partial charge in [0, 0.05) is 71.7 Å². The van der Waals surface area contributed by atoms with E-state index in [1.807, 2.05) is 31.2 Å². The van der Waals surface area contributed by atoms with E-state index in [4.69, 9.17) is 4.74 Å². The van der Waals surface area contributed by atoms with Crippen molar-refractivity contribution < 1.29 is 4.74 Å². The first-order chi connectivity index (χ1) is 15.7. The predicted octanol–water partition coefficient (Wildman–Crippen LogP) is 2.32. The van der Waals surface area contributed by atoms with Crippen molar-refractivity contribution in [1.82, 2.24) is 29.8 Å². The van der Waals surface area contributed by atoms with Crippen molar-refractivity contribution >= 4 is 29.9 Å². The van der Waals surface area contributed by atoms with Crippen molar-refractivity contribution in [3.8, 4) is 0 Å². The molecule has 0 saturated carbocycles. The van der Waals surface area contributed by atoms with E-state index < -0.39 is 0 Å². The molecule has 2 aliphatic heterocycles. The Morgan fingerprint density at radius 3 is 2.52 bits per heavy atom. The Bertz CT molecular complexity index is 894. The summed E-state index contributed by atoms with van der Waals surface area (Å²) in [5.74, 6) is 0.925. The van der Waals surface area contributed by atoms with Crippen LogP contribution in [-0.4, -0.2) is 89.9 Å². The first kappa shape index (κ1) is 25.9. The third-order valence-corrected chi connectivity index (χ3v) is 6.54. The molecule has 4 rings (SSSR count). The van der Waals surface area contributed by atoms with E-state index in [1.165, 1.54) is 24.2 Å². The van der Waals surface area contributed by atoms with Crippen LogP contribution in [0.5, 0.6) is 0 Å². The molecule has 8 nitrogen and oxygen atoms in total. The van der Waals surface area contributed by atoms with Gasteiger partial charge in [0.2, 0.25) is 0 Å². The highest BCUT2D eigenvalue weighted by Crippen LogP contribution is 2.22. The lowest BCUT2D eigenvalue weighted by molar-refractivity contribution is -0.00805. The molecular weight excluding hydrogens is 529 g/mol. The summed E-state index contributed by atoms with van der Waals surface area (Å²) in [5.41, 5.74) is 3.85. The van der Waals surface area contributed by atoms with Crippen LogP contribution in [0.4, 0.5) is 0 Å². The van der Waals surface area contributed by atoms with Crippen LogP contribution in [0.2, 0.25) is 0 Å². The third kappa shape index (κ3) is 6.91. The zero-order valence-electron chi connectivity index (χ0n) is 20.1. The zero-order valence-corrected chi connectivity index (χ0v) is 22.4. The predicted molar refractivity (Wildman–Crippen MR) is 143 cm³/mol. The van der Waals surface area contributed by atoms with Gasteiger partial charge in [0.1, 0.15) is 6.10 Å². The van der Waals surface area contributed by atoms with Crippen LogP contribution in [-0.2, 0) is 24.9 Å². The Hall–Kier alpha value is -1.69. The number of nitrogens with one attached hydrogen (secondary N) is 1. The summed E-state index contributed by atoms with van der Waals surface area (Å²) in [7, 11) is 3.79. The topological polar surface area (TPSA) is 61.2 Å². The normalized spacial score (nSPS) is 20.5.